The molecule has 4 rings (SSSR count). The molecule has 2 N–H and O–H groups in total. The molecule has 4 aromatic rings. The smallest absolute Gasteiger partial charge is 0.256 e. The number of nitrogens with two attached hydrogens (primary N) is 1. The Morgan fingerprint density at radius 3 is 2.30 bits per heavy atom. The molecule has 0 saturated heterocycles. The topological polar surface area (TPSA) is 77.0 Å². The molecule has 0 saturated carbocycles. The van der Waals surface area contributed by atoms with Crippen molar-refractivity contribution in [3.8, 4) is 11.3 Å². The molecule has 0 aliphatic heterocycles. The maximum absolute atomic E-state index is 13.9. The second-order valence-electron chi connectivity index (χ2n) is 9.54. The molecule has 2 aromatic carbocycles. The maximum Gasteiger partial charge on any atom is 0.256 e. The summed E-state index contributed by atoms with van der Waals surface area (Å²) in [6.07, 6.45) is 2.22. The van der Waals surface area contributed by atoms with Gasteiger partial charge in [0, 0.05) is 30.5 Å². The molecule has 7 heteroatoms. The SMILES string of the molecule is Cc1c(-c2ccccc2)nc([C@@H](C(C)C)N(CCCN)C(=O)c2ccc(Cl)nc2)n1Cc1ccccc1. The van der Waals surface area contributed by atoms with Crippen LogP contribution < -0.4 is 5.73 Å². The van der Waals surface area contributed by atoms with Gasteiger partial charge in [-0.15, -0.1) is 0 Å². The van der Waals surface area contributed by atoms with E-state index in [9.17, 15) is 4.79 Å². The van der Waals surface area contributed by atoms with Crippen LogP contribution in [0.25, 0.3) is 11.3 Å². The lowest BCUT2D eigenvalue weighted by atomic mass is 9.99. The monoisotopic (exact) mass is 515 g/mol. The Kier molecular flexibility index (Phi) is 8.74. The Labute approximate surface area is 224 Å². The van der Waals surface area contributed by atoms with Gasteiger partial charge in [-0.25, -0.2) is 9.97 Å². The molecule has 2 aromatic heterocycles. The molecule has 0 unspecified atom stereocenters. The largest absolute Gasteiger partial charge is 0.330 e. The molecule has 37 heavy (non-hydrogen) atoms. The van der Waals surface area contributed by atoms with Crippen molar-refractivity contribution in [2.45, 2.75) is 39.8 Å². The standard InChI is InChI=1S/C30H34ClN5O/c1-21(2)28(35(18-10-17-32)30(37)25-15-16-26(31)33-19-25)29-34-27(24-13-8-5-9-14-24)22(3)36(29)20-23-11-6-4-7-12-23/h4-9,11-16,19,21,28H,10,17-18,20,32H2,1-3H3/t28-/m1/s1. The van der Waals surface area contributed by atoms with E-state index >= 15 is 0 Å². The molecule has 0 aliphatic rings. The van der Waals surface area contributed by atoms with Crippen LogP contribution in [0.3, 0.4) is 0 Å². The molecule has 0 aliphatic carbocycles. The van der Waals surface area contributed by atoms with Crippen molar-refractivity contribution >= 4 is 17.5 Å². The minimum absolute atomic E-state index is 0.0990. The summed E-state index contributed by atoms with van der Waals surface area (Å²) in [6, 6.07) is 23.7. The van der Waals surface area contributed by atoms with Crippen LogP contribution in [0.1, 0.15) is 53.7 Å². The van der Waals surface area contributed by atoms with Crippen molar-refractivity contribution in [2.24, 2.45) is 11.7 Å². The molecular weight excluding hydrogens is 482 g/mol. The minimum Gasteiger partial charge on any atom is -0.330 e. The van der Waals surface area contributed by atoms with Gasteiger partial charge in [-0.1, -0.05) is 86.1 Å². The Balaban J connectivity index is 1.86. The Morgan fingerprint density at radius 2 is 1.70 bits per heavy atom. The zero-order chi connectivity index (χ0) is 26.4. The van der Waals surface area contributed by atoms with Gasteiger partial charge in [-0.2, -0.15) is 0 Å². The van der Waals surface area contributed by atoms with Crippen LogP contribution in [-0.4, -0.2) is 38.4 Å². The first-order chi connectivity index (χ1) is 17.9. The molecule has 1 amide bonds. The molecule has 2 heterocycles. The van der Waals surface area contributed by atoms with Crippen LogP contribution >= 0.6 is 11.6 Å². The second-order valence-corrected chi connectivity index (χ2v) is 9.93. The van der Waals surface area contributed by atoms with E-state index in [1.165, 1.54) is 11.8 Å². The molecule has 0 fully saturated rings. The molecular formula is C30H34ClN5O. The number of amides is 1. The highest BCUT2D eigenvalue weighted by molar-refractivity contribution is 6.29. The third kappa shape index (κ3) is 6.09. The fraction of sp³-hybridized carbons (Fsp3) is 0.300. The average molecular weight is 516 g/mol. The van der Waals surface area contributed by atoms with Gasteiger partial charge < -0.3 is 15.2 Å². The number of pyridine rings is 1. The summed E-state index contributed by atoms with van der Waals surface area (Å²) < 4.78 is 2.26. The van der Waals surface area contributed by atoms with Crippen LogP contribution in [0, 0.1) is 12.8 Å². The summed E-state index contributed by atoms with van der Waals surface area (Å²) in [5.41, 5.74) is 10.6. The number of benzene rings is 2. The van der Waals surface area contributed by atoms with E-state index in [1.807, 2.05) is 41.3 Å². The fourth-order valence-electron chi connectivity index (χ4n) is 4.71. The lowest BCUT2D eigenvalue weighted by Crippen LogP contribution is -2.40. The highest BCUT2D eigenvalue weighted by atomic mass is 35.5. The Morgan fingerprint density at radius 1 is 1.03 bits per heavy atom. The number of hydrogen-bond donors (Lipinski definition) is 1. The first-order valence-electron chi connectivity index (χ1n) is 12.7. The minimum atomic E-state index is -0.269. The van der Waals surface area contributed by atoms with Crippen molar-refractivity contribution in [1.29, 1.82) is 0 Å². The molecule has 1 atom stereocenters. The molecule has 192 valence electrons. The highest BCUT2D eigenvalue weighted by Crippen LogP contribution is 2.34. The third-order valence-electron chi connectivity index (χ3n) is 6.55. The van der Waals surface area contributed by atoms with Gasteiger partial charge in [-0.3, -0.25) is 4.79 Å². The number of halogens is 1. The van der Waals surface area contributed by atoms with E-state index in [0.29, 0.717) is 36.8 Å². The van der Waals surface area contributed by atoms with Gasteiger partial charge in [0.15, 0.2) is 0 Å². The van der Waals surface area contributed by atoms with Crippen molar-refractivity contribution in [3.05, 3.63) is 107 Å². The number of hydrogen-bond acceptors (Lipinski definition) is 4. The highest BCUT2D eigenvalue weighted by Gasteiger charge is 2.33. The number of imidazole rings is 1. The zero-order valence-electron chi connectivity index (χ0n) is 21.6. The first-order valence-corrected chi connectivity index (χ1v) is 13.1. The van der Waals surface area contributed by atoms with Gasteiger partial charge in [0.05, 0.1) is 17.3 Å². The van der Waals surface area contributed by atoms with Crippen LogP contribution in [0.2, 0.25) is 5.15 Å². The lowest BCUT2D eigenvalue weighted by molar-refractivity contribution is 0.0604. The van der Waals surface area contributed by atoms with Crippen molar-refractivity contribution in [3.63, 3.8) is 0 Å². The number of aromatic nitrogens is 3. The number of nitrogens with zero attached hydrogens (tertiary/aromatic N) is 4. The zero-order valence-corrected chi connectivity index (χ0v) is 22.4. The Bertz CT molecular complexity index is 1300. The van der Waals surface area contributed by atoms with Crippen molar-refractivity contribution in [2.75, 3.05) is 13.1 Å². The summed E-state index contributed by atoms with van der Waals surface area (Å²) in [5.74, 6) is 0.855. The van der Waals surface area contributed by atoms with Crippen LogP contribution in [0.15, 0.2) is 79.0 Å². The molecule has 6 nitrogen and oxygen atoms in total. The van der Waals surface area contributed by atoms with Crippen LogP contribution in [-0.2, 0) is 6.54 Å². The van der Waals surface area contributed by atoms with E-state index in [2.05, 4.69) is 54.6 Å². The summed E-state index contributed by atoms with van der Waals surface area (Å²) >= 11 is 6.00. The van der Waals surface area contributed by atoms with E-state index in [4.69, 9.17) is 22.3 Å². The van der Waals surface area contributed by atoms with Crippen molar-refractivity contribution in [1.82, 2.24) is 19.4 Å². The van der Waals surface area contributed by atoms with Gasteiger partial charge >= 0.3 is 0 Å². The number of carbonyl (C=O) groups is 1. The summed E-state index contributed by atoms with van der Waals surface area (Å²) in [5, 5.41) is 0.354. The van der Waals surface area contributed by atoms with Gasteiger partial charge in [0.25, 0.3) is 5.91 Å². The number of carbonyl (C=O) groups excluding carboxylic acids is 1. The first kappa shape index (κ1) is 26.6. The van der Waals surface area contributed by atoms with Gasteiger partial charge in [-0.05, 0) is 43.5 Å². The molecule has 0 spiro atoms. The normalized spacial score (nSPS) is 12.1. The van der Waals surface area contributed by atoms with E-state index in [0.717, 1.165) is 22.8 Å². The number of rotatable bonds is 10. The van der Waals surface area contributed by atoms with Gasteiger partial charge in [0.2, 0.25) is 0 Å². The molecule has 0 radical (unpaired) electrons. The van der Waals surface area contributed by atoms with E-state index in [-0.39, 0.29) is 17.9 Å². The second kappa shape index (κ2) is 12.2. The van der Waals surface area contributed by atoms with Gasteiger partial charge in [0.1, 0.15) is 11.0 Å². The van der Waals surface area contributed by atoms with E-state index in [1.54, 1.807) is 12.1 Å². The van der Waals surface area contributed by atoms with Crippen LogP contribution in [0.4, 0.5) is 0 Å². The predicted molar refractivity (Wildman–Crippen MR) is 149 cm³/mol. The Hall–Kier alpha value is -3.48. The fourth-order valence-corrected chi connectivity index (χ4v) is 4.82. The maximum atomic E-state index is 13.9. The van der Waals surface area contributed by atoms with Crippen LogP contribution in [0.5, 0.6) is 0 Å². The predicted octanol–water partition coefficient (Wildman–Crippen LogP) is 6.14. The van der Waals surface area contributed by atoms with E-state index < -0.39 is 0 Å². The summed E-state index contributed by atoms with van der Waals surface area (Å²) in [4.78, 5) is 25.1. The third-order valence-corrected chi connectivity index (χ3v) is 6.77. The van der Waals surface area contributed by atoms with Crippen molar-refractivity contribution < 1.29 is 4.79 Å². The summed E-state index contributed by atoms with van der Waals surface area (Å²) in [6.45, 7) is 8.03. The summed E-state index contributed by atoms with van der Waals surface area (Å²) in [7, 11) is 0. The molecule has 0 bridgehead atoms. The quantitative estimate of drug-likeness (QED) is 0.257. The lowest BCUT2D eigenvalue weighted by Gasteiger charge is -2.34. The average Bonchev–Trinajstić information content (AvgIpc) is 3.22.